The van der Waals surface area contributed by atoms with Crippen LogP contribution in [-0.4, -0.2) is 37.8 Å². The summed E-state index contributed by atoms with van der Waals surface area (Å²) in [6.45, 7) is 1.70. The number of nitrogens with one attached hydrogen (secondary N) is 1. The molecule has 0 amide bonds. The van der Waals surface area contributed by atoms with Gasteiger partial charge in [0.05, 0.1) is 11.4 Å². The molecule has 1 aliphatic carbocycles. The minimum atomic E-state index is -3.37. The number of nitrogens with two attached hydrogens (primary N) is 1. The van der Waals surface area contributed by atoms with Gasteiger partial charge in [-0.25, -0.2) is 13.4 Å². The zero-order chi connectivity index (χ0) is 19.1. The van der Waals surface area contributed by atoms with Crippen LogP contribution in [0.15, 0.2) is 34.2 Å². The van der Waals surface area contributed by atoms with Gasteiger partial charge in [-0.15, -0.1) is 24.0 Å². The summed E-state index contributed by atoms with van der Waals surface area (Å²) in [4.78, 5) is 4.79. The molecule has 1 saturated heterocycles. The average Bonchev–Trinajstić information content (AvgIpc) is 2.96. The molecule has 28 heavy (non-hydrogen) atoms. The van der Waals surface area contributed by atoms with E-state index in [0.29, 0.717) is 36.5 Å². The molecule has 1 aromatic rings. The van der Waals surface area contributed by atoms with Gasteiger partial charge in [-0.05, 0) is 43.4 Å². The van der Waals surface area contributed by atoms with Crippen molar-refractivity contribution < 1.29 is 8.42 Å². The fourth-order valence-corrected chi connectivity index (χ4v) is 5.39. The lowest BCUT2D eigenvalue weighted by Crippen LogP contribution is -2.39. The first-order chi connectivity index (χ1) is 13.1. The van der Waals surface area contributed by atoms with E-state index >= 15 is 0 Å². The summed E-state index contributed by atoms with van der Waals surface area (Å²) < 4.78 is 27.0. The van der Waals surface area contributed by atoms with E-state index in [2.05, 4.69) is 10.3 Å². The molecule has 1 aliphatic heterocycles. The molecule has 0 radical (unpaired) electrons. The lowest BCUT2D eigenvalue weighted by molar-refractivity contribution is 0.346. The van der Waals surface area contributed by atoms with Gasteiger partial charge in [0.2, 0.25) is 10.0 Å². The van der Waals surface area contributed by atoms with E-state index in [9.17, 15) is 8.42 Å². The summed E-state index contributed by atoms with van der Waals surface area (Å²) in [6, 6.07) is 7.46. The van der Waals surface area contributed by atoms with E-state index in [0.717, 1.165) is 37.7 Å². The first kappa shape index (κ1) is 23.4. The lowest BCUT2D eigenvalue weighted by Gasteiger charge is -2.25. The van der Waals surface area contributed by atoms with E-state index < -0.39 is 10.0 Å². The van der Waals surface area contributed by atoms with Crippen molar-refractivity contribution in [3.8, 4) is 0 Å². The normalized spacial score (nSPS) is 20.2. The Kier molecular flexibility index (Phi) is 9.49. The number of piperidine rings is 1. The number of rotatable bonds is 5. The summed E-state index contributed by atoms with van der Waals surface area (Å²) >= 11 is 0. The fourth-order valence-electron chi connectivity index (χ4n) is 3.88. The number of hydrogen-bond acceptors (Lipinski definition) is 3. The van der Waals surface area contributed by atoms with Gasteiger partial charge in [0.1, 0.15) is 0 Å². The van der Waals surface area contributed by atoms with Crippen LogP contribution in [0.4, 0.5) is 0 Å². The second-order valence-electron chi connectivity index (χ2n) is 7.64. The molecule has 2 fully saturated rings. The molecule has 0 spiro atoms. The highest BCUT2D eigenvalue weighted by atomic mass is 127. The summed E-state index contributed by atoms with van der Waals surface area (Å²) in [7, 11) is -3.37. The third-order valence-electron chi connectivity index (χ3n) is 5.52. The monoisotopic (exact) mass is 520 g/mol. The zero-order valence-corrected chi connectivity index (χ0v) is 19.6. The number of hydrogen-bond donors (Lipinski definition) is 2. The molecule has 1 saturated carbocycles. The van der Waals surface area contributed by atoms with E-state index in [-0.39, 0.29) is 24.0 Å². The maximum Gasteiger partial charge on any atom is 0.243 e. The Balaban J connectivity index is 0.00000280. The molecule has 1 heterocycles. The molecule has 8 heteroatoms. The molecule has 1 aromatic carbocycles. The number of sulfonamides is 1. The minimum Gasteiger partial charge on any atom is -0.370 e. The lowest BCUT2D eigenvalue weighted by atomic mass is 10.1. The Labute approximate surface area is 186 Å². The van der Waals surface area contributed by atoms with Crippen molar-refractivity contribution in [3.63, 3.8) is 0 Å². The molecule has 2 aliphatic rings. The van der Waals surface area contributed by atoms with Crippen LogP contribution in [0.5, 0.6) is 0 Å². The quantitative estimate of drug-likeness (QED) is 0.269. The average molecular weight is 520 g/mol. The van der Waals surface area contributed by atoms with Crippen molar-refractivity contribution in [3.05, 3.63) is 29.8 Å². The van der Waals surface area contributed by atoms with Crippen molar-refractivity contribution in [1.82, 2.24) is 9.62 Å². The highest BCUT2D eigenvalue weighted by molar-refractivity contribution is 14.0. The topological polar surface area (TPSA) is 87.8 Å². The SMILES string of the molecule is I.NC(=NCc1ccc(S(=O)(=O)N2CCCCC2)cc1)NC1CCCCCC1. The highest BCUT2D eigenvalue weighted by Crippen LogP contribution is 2.21. The van der Waals surface area contributed by atoms with Gasteiger partial charge in [-0.3, -0.25) is 0 Å². The summed E-state index contributed by atoms with van der Waals surface area (Å²) in [6.07, 6.45) is 10.4. The van der Waals surface area contributed by atoms with Crippen LogP contribution >= 0.6 is 24.0 Å². The van der Waals surface area contributed by atoms with Crippen molar-refractivity contribution in [1.29, 1.82) is 0 Å². The molecule has 0 unspecified atom stereocenters. The Morgan fingerprint density at radius 2 is 1.57 bits per heavy atom. The standard InChI is InChI=1S/C20H32N4O2S.HI/c21-20(23-18-8-4-1-2-5-9-18)22-16-17-10-12-19(13-11-17)27(25,26)24-14-6-3-7-15-24;/h10-13,18H,1-9,14-16H2,(H3,21,22,23);1H. The van der Waals surface area contributed by atoms with Crippen molar-refractivity contribution in [2.75, 3.05) is 13.1 Å². The number of guanidine groups is 1. The van der Waals surface area contributed by atoms with Crippen molar-refractivity contribution in [2.24, 2.45) is 10.7 Å². The van der Waals surface area contributed by atoms with E-state index in [1.807, 2.05) is 12.1 Å². The van der Waals surface area contributed by atoms with Crippen LogP contribution in [0.1, 0.15) is 63.4 Å². The summed E-state index contributed by atoms with van der Waals surface area (Å²) in [5, 5.41) is 3.33. The Morgan fingerprint density at radius 1 is 1.00 bits per heavy atom. The van der Waals surface area contributed by atoms with Crippen molar-refractivity contribution >= 4 is 40.0 Å². The van der Waals surface area contributed by atoms with Crippen molar-refractivity contribution in [2.45, 2.75) is 75.3 Å². The van der Waals surface area contributed by atoms with Crippen LogP contribution < -0.4 is 11.1 Å². The molecule has 0 bridgehead atoms. The Morgan fingerprint density at radius 3 is 2.18 bits per heavy atom. The number of benzene rings is 1. The third kappa shape index (κ3) is 6.59. The molecule has 6 nitrogen and oxygen atoms in total. The maximum absolute atomic E-state index is 12.7. The molecule has 0 aromatic heterocycles. The van der Waals surface area contributed by atoms with Crippen LogP contribution in [0, 0.1) is 0 Å². The fraction of sp³-hybridized carbons (Fsp3) is 0.650. The van der Waals surface area contributed by atoms with Crippen LogP contribution in [0.2, 0.25) is 0 Å². The van der Waals surface area contributed by atoms with Gasteiger partial charge >= 0.3 is 0 Å². The predicted octanol–water partition coefficient (Wildman–Crippen LogP) is 3.61. The minimum absolute atomic E-state index is 0. The van der Waals surface area contributed by atoms with E-state index in [1.165, 1.54) is 25.7 Å². The maximum atomic E-state index is 12.7. The van der Waals surface area contributed by atoms with E-state index in [1.54, 1.807) is 16.4 Å². The largest absolute Gasteiger partial charge is 0.370 e. The Hall–Kier alpha value is -0.870. The molecule has 0 atom stereocenters. The van der Waals surface area contributed by atoms with Gasteiger partial charge in [0.25, 0.3) is 0 Å². The van der Waals surface area contributed by atoms with Crippen LogP contribution in [-0.2, 0) is 16.6 Å². The summed E-state index contributed by atoms with van der Waals surface area (Å²) in [5.41, 5.74) is 6.99. The van der Waals surface area contributed by atoms with Gasteiger partial charge in [-0.1, -0.05) is 44.2 Å². The second-order valence-corrected chi connectivity index (χ2v) is 9.58. The molecule has 158 valence electrons. The van der Waals surface area contributed by atoms with Crippen LogP contribution in [0.3, 0.4) is 0 Å². The summed E-state index contributed by atoms with van der Waals surface area (Å²) in [5.74, 6) is 0.479. The van der Waals surface area contributed by atoms with Gasteiger partial charge in [0.15, 0.2) is 5.96 Å². The number of nitrogens with zero attached hydrogens (tertiary/aromatic N) is 2. The number of aliphatic imine (C=N–C) groups is 1. The number of halogens is 1. The van der Waals surface area contributed by atoms with Gasteiger partial charge in [0, 0.05) is 19.1 Å². The zero-order valence-electron chi connectivity index (χ0n) is 16.5. The predicted molar refractivity (Wildman–Crippen MR) is 124 cm³/mol. The molecular formula is C20H33IN4O2S. The molecular weight excluding hydrogens is 487 g/mol. The first-order valence-corrected chi connectivity index (χ1v) is 11.7. The first-order valence-electron chi connectivity index (χ1n) is 10.2. The highest BCUT2D eigenvalue weighted by Gasteiger charge is 2.25. The van der Waals surface area contributed by atoms with Gasteiger partial charge < -0.3 is 11.1 Å². The second kappa shape index (κ2) is 11.3. The molecule has 3 rings (SSSR count). The third-order valence-corrected chi connectivity index (χ3v) is 7.43. The Bertz CT molecular complexity index is 723. The van der Waals surface area contributed by atoms with E-state index in [4.69, 9.17) is 5.73 Å². The van der Waals surface area contributed by atoms with Crippen LogP contribution in [0.25, 0.3) is 0 Å². The van der Waals surface area contributed by atoms with Gasteiger partial charge in [-0.2, -0.15) is 4.31 Å². The smallest absolute Gasteiger partial charge is 0.243 e. The molecule has 3 N–H and O–H groups in total.